The molecule has 0 aliphatic heterocycles. The number of pyridine rings is 1. The van der Waals surface area contributed by atoms with Gasteiger partial charge in [0.25, 0.3) is 0 Å². The molecule has 0 spiro atoms. The van der Waals surface area contributed by atoms with Crippen molar-refractivity contribution in [1.29, 1.82) is 5.26 Å². The van der Waals surface area contributed by atoms with Gasteiger partial charge in [-0.2, -0.15) is 5.26 Å². The lowest BCUT2D eigenvalue weighted by Crippen LogP contribution is -2.18. The van der Waals surface area contributed by atoms with Crippen molar-refractivity contribution in [3.63, 3.8) is 0 Å². The van der Waals surface area contributed by atoms with Gasteiger partial charge in [0.1, 0.15) is 17.3 Å². The maximum atomic E-state index is 9.34. The second kappa shape index (κ2) is 9.69. The van der Waals surface area contributed by atoms with Crippen LogP contribution in [0.25, 0.3) is 16.3 Å². The number of hydrogen-bond donors (Lipinski definition) is 1. The summed E-state index contributed by atoms with van der Waals surface area (Å²) in [6.07, 6.45) is 17.0. The third kappa shape index (κ3) is 4.54. The first-order chi connectivity index (χ1) is 16.7. The van der Waals surface area contributed by atoms with Gasteiger partial charge in [0, 0.05) is 23.6 Å². The lowest BCUT2D eigenvalue weighted by molar-refractivity contribution is 0.454. The second-order valence-corrected chi connectivity index (χ2v) is 9.11. The first kappa shape index (κ1) is 22.2. The molecule has 5 heteroatoms. The van der Waals surface area contributed by atoms with Crippen LogP contribution in [0, 0.1) is 17.2 Å². The van der Waals surface area contributed by atoms with Crippen LogP contribution < -0.4 is 5.32 Å². The Kier molecular flexibility index (Phi) is 6.31. The van der Waals surface area contributed by atoms with Crippen molar-refractivity contribution < 1.29 is 4.42 Å². The van der Waals surface area contributed by atoms with Crippen LogP contribution in [0.5, 0.6) is 0 Å². The highest BCUT2D eigenvalue weighted by molar-refractivity contribution is 5.92. The van der Waals surface area contributed by atoms with Crippen molar-refractivity contribution in [1.82, 2.24) is 9.97 Å². The fraction of sp³-hybridized carbons (Fsp3) is 0.345. The van der Waals surface area contributed by atoms with Gasteiger partial charge in [0.05, 0.1) is 17.7 Å². The fourth-order valence-electron chi connectivity index (χ4n) is 4.74. The molecule has 5 nitrogen and oxygen atoms in total. The van der Waals surface area contributed by atoms with E-state index in [4.69, 9.17) is 9.40 Å². The van der Waals surface area contributed by atoms with E-state index in [1.807, 2.05) is 37.3 Å². The molecule has 1 saturated carbocycles. The highest BCUT2D eigenvalue weighted by Gasteiger charge is 2.29. The van der Waals surface area contributed by atoms with Crippen LogP contribution >= 0.6 is 0 Å². The number of nitrogens with zero attached hydrogens (tertiary/aromatic N) is 3. The van der Waals surface area contributed by atoms with Gasteiger partial charge in [-0.3, -0.25) is 0 Å². The van der Waals surface area contributed by atoms with Crippen LogP contribution in [0.2, 0.25) is 0 Å². The zero-order chi connectivity index (χ0) is 23.5. The number of benzene rings is 1. The van der Waals surface area contributed by atoms with Gasteiger partial charge in [-0.15, -0.1) is 0 Å². The average molecular weight is 451 g/mol. The quantitative estimate of drug-likeness (QED) is 0.383. The van der Waals surface area contributed by atoms with E-state index in [-0.39, 0.29) is 6.04 Å². The number of nitriles is 1. The molecule has 2 aliphatic rings. The highest BCUT2D eigenvalue weighted by atomic mass is 16.4. The summed E-state index contributed by atoms with van der Waals surface area (Å²) in [7, 11) is 0. The van der Waals surface area contributed by atoms with Gasteiger partial charge in [0.15, 0.2) is 0 Å². The van der Waals surface area contributed by atoms with E-state index in [2.05, 4.69) is 41.5 Å². The SMILES string of the molecule is C\C=C/C(=C\C(=C\CC)C1CC1)c1nc2c(o1)CCCC2Nc1nccc2ccc(C#N)cc12. The maximum Gasteiger partial charge on any atom is 0.226 e. The molecular weight excluding hydrogens is 420 g/mol. The summed E-state index contributed by atoms with van der Waals surface area (Å²) in [6.45, 7) is 4.22. The predicted molar refractivity (Wildman–Crippen MR) is 136 cm³/mol. The molecule has 172 valence electrons. The largest absolute Gasteiger partial charge is 0.441 e. The van der Waals surface area contributed by atoms with E-state index in [0.29, 0.717) is 17.4 Å². The molecule has 1 unspecified atom stereocenters. The van der Waals surface area contributed by atoms with Crippen molar-refractivity contribution in [3.8, 4) is 6.07 Å². The van der Waals surface area contributed by atoms with E-state index in [1.54, 1.807) is 6.20 Å². The molecule has 0 saturated heterocycles. The Morgan fingerprint density at radius 2 is 2.15 bits per heavy atom. The summed E-state index contributed by atoms with van der Waals surface area (Å²) >= 11 is 0. The zero-order valence-corrected chi connectivity index (χ0v) is 19.8. The monoisotopic (exact) mass is 450 g/mol. The summed E-state index contributed by atoms with van der Waals surface area (Å²) < 4.78 is 6.33. The molecule has 5 rings (SSSR count). The maximum absolute atomic E-state index is 9.34. The Hall–Kier alpha value is -3.65. The Balaban J connectivity index is 1.49. The number of oxazole rings is 1. The molecule has 1 atom stereocenters. The molecule has 0 bridgehead atoms. The average Bonchev–Trinajstić information content (AvgIpc) is 3.61. The smallest absolute Gasteiger partial charge is 0.226 e. The summed E-state index contributed by atoms with van der Waals surface area (Å²) in [5.41, 5.74) is 4.03. The van der Waals surface area contributed by atoms with Crippen molar-refractivity contribution in [2.45, 2.75) is 58.4 Å². The number of rotatable bonds is 7. The lowest BCUT2D eigenvalue weighted by atomic mass is 9.96. The second-order valence-electron chi connectivity index (χ2n) is 9.11. The fourth-order valence-corrected chi connectivity index (χ4v) is 4.74. The molecule has 0 amide bonds. The lowest BCUT2D eigenvalue weighted by Gasteiger charge is -2.22. The summed E-state index contributed by atoms with van der Waals surface area (Å²) in [5, 5.41) is 15.0. The molecule has 1 fully saturated rings. The number of hydrogen-bond acceptors (Lipinski definition) is 5. The molecule has 1 N–H and O–H groups in total. The first-order valence-electron chi connectivity index (χ1n) is 12.3. The summed E-state index contributed by atoms with van der Waals surface area (Å²) in [6, 6.07) is 9.93. The third-order valence-corrected chi connectivity index (χ3v) is 6.56. The Labute approximate surface area is 200 Å². The van der Waals surface area contributed by atoms with Crippen LogP contribution in [-0.2, 0) is 6.42 Å². The molecular formula is C29H30N4O. The number of aryl methyl sites for hydroxylation is 1. The van der Waals surface area contributed by atoms with Crippen LogP contribution in [-0.4, -0.2) is 9.97 Å². The number of allylic oxidation sites excluding steroid dienone is 6. The number of nitrogens with one attached hydrogen (secondary N) is 1. The topological polar surface area (TPSA) is 74.7 Å². The predicted octanol–water partition coefficient (Wildman–Crippen LogP) is 7.29. The molecule has 2 aromatic heterocycles. The van der Waals surface area contributed by atoms with Crippen LogP contribution in [0.3, 0.4) is 0 Å². The zero-order valence-electron chi connectivity index (χ0n) is 19.8. The van der Waals surface area contributed by atoms with E-state index in [1.165, 1.54) is 18.4 Å². The van der Waals surface area contributed by atoms with Crippen molar-refractivity contribution in [3.05, 3.63) is 83.2 Å². The van der Waals surface area contributed by atoms with E-state index >= 15 is 0 Å². The summed E-state index contributed by atoms with van der Waals surface area (Å²) in [4.78, 5) is 9.60. The molecule has 0 radical (unpaired) electrons. The first-order valence-corrected chi connectivity index (χ1v) is 12.3. The van der Waals surface area contributed by atoms with Crippen LogP contribution in [0.4, 0.5) is 5.82 Å². The van der Waals surface area contributed by atoms with Gasteiger partial charge in [-0.05, 0) is 80.2 Å². The third-order valence-electron chi connectivity index (χ3n) is 6.56. The number of fused-ring (bicyclic) bond motifs is 2. The van der Waals surface area contributed by atoms with Gasteiger partial charge >= 0.3 is 0 Å². The van der Waals surface area contributed by atoms with Crippen molar-refractivity contribution in [2.75, 3.05) is 5.32 Å². The van der Waals surface area contributed by atoms with Crippen molar-refractivity contribution >= 4 is 22.2 Å². The molecule has 2 heterocycles. The summed E-state index contributed by atoms with van der Waals surface area (Å²) in [5.74, 6) is 3.11. The van der Waals surface area contributed by atoms with Crippen molar-refractivity contribution in [2.24, 2.45) is 5.92 Å². The van der Waals surface area contributed by atoms with Crippen LogP contribution in [0.15, 0.2) is 64.8 Å². The number of aromatic nitrogens is 2. The standard InChI is InChI=1S/C29H30N4O/c1-3-6-22(20-12-13-20)17-23(7-4-2)29-33-27-25(8-5-9-26(27)34-29)32-28-24-16-19(18-30)10-11-21(24)14-15-31-28/h4,6-7,10-11,14-17,20,25H,3,5,8-9,12-13H2,1-2H3,(H,31,32)/b7-4-,22-6-,23-17+. The Morgan fingerprint density at radius 1 is 1.26 bits per heavy atom. The molecule has 34 heavy (non-hydrogen) atoms. The minimum absolute atomic E-state index is 0.0195. The highest BCUT2D eigenvalue weighted by Crippen LogP contribution is 2.40. The normalized spacial score (nSPS) is 18.8. The minimum Gasteiger partial charge on any atom is -0.441 e. The Bertz CT molecular complexity index is 1330. The van der Waals surface area contributed by atoms with Gasteiger partial charge in [-0.25, -0.2) is 9.97 Å². The van der Waals surface area contributed by atoms with E-state index in [0.717, 1.165) is 59.3 Å². The van der Waals surface area contributed by atoms with Gasteiger partial charge in [0.2, 0.25) is 5.89 Å². The van der Waals surface area contributed by atoms with Gasteiger partial charge in [-0.1, -0.05) is 31.2 Å². The van der Waals surface area contributed by atoms with E-state index < -0.39 is 0 Å². The molecule has 1 aromatic carbocycles. The minimum atomic E-state index is 0.0195. The number of anilines is 1. The van der Waals surface area contributed by atoms with Crippen LogP contribution in [0.1, 0.15) is 74.9 Å². The molecule has 2 aliphatic carbocycles. The van der Waals surface area contributed by atoms with E-state index in [9.17, 15) is 5.26 Å². The molecule has 3 aromatic rings. The van der Waals surface area contributed by atoms with Gasteiger partial charge < -0.3 is 9.73 Å². The Morgan fingerprint density at radius 3 is 2.91 bits per heavy atom.